The van der Waals surface area contributed by atoms with Crippen molar-refractivity contribution in [2.45, 2.75) is 6.10 Å². The molecule has 0 radical (unpaired) electrons. The summed E-state index contributed by atoms with van der Waals surface area (Å²) >= 11 is 0. The predicted octanol–water partition coefficient (Wildman–Crippen LogP) is 0.825. The SMILES string of the molecule is C=CCN1C[C@@H]([CH2-])OC1=O.[Mo]. The van der Waals surface area contributed by atoms with Gasteiger partial charge in [-0.05, 0) is 6.10 Å². The smallest absolute Gasteiger partial charge is 0.407 e. The Kier molecular flexibility index (Phi) is 4.43. The third kappa shape index (κ3) is 2.66. The Labute approximate surface area is 80.7 Å². The van der Waals surface area contributed by atoms with E-state index in [1.807, 2.05) is 0 Å². The van der Waals surface area contributed by atoms with Crippen molar-refractivity contribution in [1.29, 1.82) is 0 Å². The largest absolute Gasteiger partial charge is 0.477 e. The summed E-state index contributed by atoms with van der Waals surface area (Å²) < 4.78 is 4.75. The van der Waals surface area contributed by atoms with E-state index in [0.29, 0.717) is 13.1 Å². The molecule has 1 rings (SSSR count). The monoisotopic (exact) mass is 238 g/mol. The topological polar surface area (TPSA) is 29.5 Å². The van der Waals surface area contributed by atoms with E-state index in [0.717, 1.165) is 0 Å². The van der Waals surface area contributed by atoms with Gasteiger partial charge >= 0.3 is 6.09 Å². The van der Waals surface area contributed by atoms with Gasteiger partial charge in [0.15, 0.2) is 0 Å². The van der Waals surface area contributed by atoms with E-state index in [4.69, 9.17) is 4.74 Å². The van der Waals surface area contributed by atoms with Gasteiger partial charge in [0, 0.05) is 34.2 Å². The quantitative estimate of drug-likeness (QED) is 0.403. The molecule has 0 bridgehead atoms. The maximum atomic E-state index is 10.8. The number of cyclic esters (lactones) is 1. The number of ether oxygens (including phenoxy) is 1. The standard InChI is InChI=1S/C7H10NO2.Mo/c1-3-4-8-5-6(2)10-7(8)9;/h3,6H,1-2,4-5H2;/q-1;/t6-;/m1./s1. The van der Waals surface area contributed by atoms with Crippen LogP contribution in [0, 0.1) is 6.92 Å². The van der Waals surface area contributed by atoms with E-state index in [2.05, 4.69) is 13.5 Å². The minimum atomic E-state index is -0.292. The fourth-order valence-electron chi connectivity index (χ4n) is 0.880. The van der Waals surface area contributed by atoms with Crippen LogP contribution in [0.3, 0.4) is 0 Å². The van der Waals surface area contributed by atoms with Crippen molar-refractivity contribution in [1.82, 2.24) is 4.90 Å². The Morgan fingerprint density at radius 1 is 1.91 bits per heavy atom. The fourth-order valence-corrected chi connectivity index (χ4v) is 0.880. The van der Waals surface area contributed by atoms with Gasteiger partial charge in [-0.25, -0.2) is 4.79 Å². The van der Waals surface area contributed by atoms with Gasteiger partial charge in [0.25, 0.3) is 0 Å². The van der Waals surface area contributed by atoms with Gasteiger partial charge in [-0.3, -0.25) is 0 Å². The first-order chi connectivity index (χ1) is 4.74. The Bertz CT molecular complexity index is 161. The van der Waals surface area contributed by atoms with Crippen molar-refractivity contribution >= 4 is 6.09 Å². The van der Waals surface area contributed by atoms with Crippen LogP contribution in [0.4, 0.5) is 4.79 Å². The Balaban J connectivity index is 0.000001000. The number of hydrogen-bond acceptors (Lipinski definition) is 2. The van der Waals surface area contributed by atoms with E-state index >= 15 is 0 Å². The van der Waals surface area contributed by atoms with Crippen molar-refractivity contribution in [3.05, 3.63) is 19.6 Å². The van der Waals surface area contributed by atoms with Crippen LogP contribution in [0.25, 0.3) is 0 Å². The number of nitrogens with zero attached hydrogens (tertiary/aromatic N) is 1. The van der Waals surface area contributed by atoms with E-state index < -0.39 is 0 Å². The van der Waals surface area contributed by atoms with Crippen molar-refractivity contribution < 1.29 is 30.6 Å². The van der Waals surface area contributed by atoms with Crippen LogP contribution >= 0.6 is 0 Å². The summed E-state index contributed by atoms with van der Waals surface area (Å²) in [6.07, 6.45) is 1.16. The number of rotatable bonds is 2. The summed E-state index contributed by atoms with van der Waals surface area (Å²) in [6.45, 7) is 8.24. The molecule has 0 unspecified atom stereocenters. The second-order valence-corrected chi connectivity index (χ2v) is 2.20. The minimum absolute atomic E-state index is 0. The molecule has 1 saturated heterocycles. The summed E-state index contributed by atoms with van der Waals surface area (Å²) in [6, 6.07) is 0. The van der Waals surface area contributed by atoms with Crippen LogP contribution in [0.15, 0.2) is 12.7 Å². The molecule has 0 N–H and O–H groups in total. The zero-order chi connectivity index (χ0) is 7.56. The zero-order valence-electron chi connectivity index (χ0n) is 6.16. The summed E-state index contributed by atoms with van der Waals surface area (Å²) in [4.78, 5) is 12.4. The zero-order valence-corrected chi connectivity index (χ0v) is 8.16. The van der Waals surface area contributed by atoms with Gasteiger partial charge in [-0.15, -0.1) is 6.58 Å². The van der Waals surface area contributed by atoms with E-state index in [1.165, 1.54) is 0 Å². The first kappa shape index (κ1) is 10.7. The average Bonchev–Trinajstić information content (AvgIpc) is 2.13. The Morgan fingerprint density at radius 2 is 2.55 bits per heavy atom. The maximum Gasteiger partial charge on any atom is 0.407 e. The molecule has 11 heavy (non-hydrogen) atoms. The fraction of sp³-hybridized carbons (Fsp3) is 0.429. The van der Waals surface area contributed by atoms with Gasteiger partial charge in [0.05, 0.1) is 0 Å². The van der Waals surface area contributed by atoms with Crippen molar-refractivity contribution in [2.75, 3.05) is 13.1 Å². The van der Waals surface area contributed by atoms with Gasteiger partial charge in [-0.2, -0.15) is 0 Å². The van der Waals surface area contributed by atoms with Crippen LogP contribution in [0.2, 0.25) is 0 Å². The van der Waals surface area contributed by atoms with Crippen molar-refractivity contribution in [3.63, 3.8) is 0 Å². The van der Waals surface area contributed by atoms with E-state index in [9.17, 15) is 4.79 Å². The first-order valence-corrected chi connectivity index (χ1v) is 3.13. The van der Waals surface area contributed by atoms with Crippen LogP contribution < -0.4 is 0 Å². The predicted molar refractivity (Wildman–Crippen MR) is 37.4 cm³/mol. The molecular weight excluding hydrogens is 226 g/mol. The van der Waals surface area contributed by atoms with Gasteiger partial charge in [-0.1, -0.05) is 6.08 Å². The Hall–Kier alpha value is -0.302. The second kappa shape index (κ2) is 4.55. The number of carbonyl (C=O) groups excluding carboxylic acids is 1. The molecule has 0 saturated carbocycles. The summed E-state index contributed by atoms with van der Waals surface area (Å²) in [7, 11) is 0. The number of carbonyl (C=O) groups is 1. The average molecular weight is 236 g/mol. The molecule has 1 atom stereocenters. The molecular formula is C7H10MoNO2-. The van der Waals surface area contributed by atoms with Crippen LogP contribution in [0.5, 0.6) is 0 Å². The van der Waals surface area contributed by atoms with E-state index in [1.54, 1.807) is 11.0 Å². The maximum absolute atomic E-state index is 10.8. The van der Waals surface area contributed by atoms with Crippen molar-refractivity contribution in [3.8, 4) is 0 Å². The summed E-state index contributed by atoms with van der Waals surface area (Å²) in [5.41, 5.74) is 0. The van der Waals surface area contributed by atoms with Crippen LogP contribution in [-0.4, -0.2) is 30.2 Å². The number of hydrogen-bond donors (Lipinski definition) is 0. The molecule has 3 nitrogen and oxygen atoms in total. The molecule has 1 fully saturated rings. The third-order valence-corrected chi connectivity index (χ3v) is 1.30. The summed E-state index contributed by atoms with van der Waals surface area (Å²) in [5, 5.41) is 0. The van der Waals surface area contributed by atoms with Gasteiger partial charge in [0.2, 0.25) is 0 Å². The minimum Gasteiger partial charge on any atom is -0.477 e. The van der Waals surface area contributed by atoms with E-state index in [-0.39, 0.29) is 33.3 Å². The molecule has 0 spiro atoms. The Morgan fingerprint density at radius 3 is 2.91 bits per heavy atom. The van der Waals surface area contributed by atoms with Crippen LogP contribution in [-0.2, 0) is 25.8 Å². The normalized spacial score (nSPS) is 22.5. The molecule has 62 valence electrons. The molecule has 1 amide bonds. The molecule has 0 aromatic heterocycles. The summed E-state index contributed by atoms with van der Waals surface area (Å²) in [5.74, 6) is 0. The molecule has 1 aliphatic heterocycles. The molecule has 0 aromatic carbocycles. The molecule has 1 aliphatic rings. The van der Waals surface area contributed by atoms with Gasteiger partial charge < -0.3 is 16.6 Å². The number of amides is 1. The van der Waals surface area contributed by atoms with Crippen LogP contribution in [0.1, 0.15) is 0 Å². The van der Waals surface area contributed by atoms with Gasteiger partial charge in [0.1, 0.15) is 0 Å². The molecule has 4 heteroatoms. The second-order valence-electron chi connectivity index (χ2n) is 2.20. The first-order valence-electron chi connectivity index (χ1n) is 3.13. The molecule has 0 aliphatic carbocycles. The molecule has 0 aromatic rings. The third-order valence-electron chi connectivity index (χ3n) is 1.30. The van der Waals surface area contributed by atoms with Crippen molar-refractivity contribution in [2.24, 2.45) is 0 Å². The molecule has 1 heterocycles.